The van der Waals surface area contributed by atoms with Crippen molar-refractivity contribution in [2.75, 3.05) is 26.8 Å². The molecular weight excluding hydrogens is 447 g/mol. The van der Waals surface area contributed by atoms with E-state index in [0.29, 0.717) is 17.9 Å². The summed E-state index contributed by atoms with van der Waals surface area (Å²) in [5.41, 5.74) is 1.55. The first-order valence-corrected chi connectivity index (χ1v) is 9.92. The van der Waals surface area contributed by atoms with Crippen molar-refractivity contribution in [2.24, 2.45) is 10.4 Å². The predicted molar refractivity (Wildman–Crippen MR) is 117 cm³/mol. The number of methoxy groups -OCH3 is 1. The Labute approximate surface area is 173 Å². The number of ether oxygens (including phenoxy) is 1. The average Bonchev–Trinajstić information content (AvgIpc) is 3.00. The van der Waals surface area contributed by atoms with Crippen molar-refractivity contribution in [2.45, 2.75) is 58.9 Å². The van der Waals surface area contributed by atoms with E-state index in [4.69, 9.17) is 9.73 Å². The summed E-state index contributed by atoms with van der Waals surface area (Å²) in [4.78, 5) is 9.37. The highest BCUT2D eigenvalue weighted by atomic mass is 127. The van der Waals surface area contributed by atoms with Crippen LogP contribution in [0.15, 0.2) is 10.4 Å². The summed E-state index contributed by atoms with van der Waals surface area (Å²) in [6.07, 6.45) is 5.02. The number of hydrogen-bond donors (Lipinski definition) is 2. The molecule has 0 aromatic carbocycles. The number of aliphatic imine (C=N–C) groups is 1. The van der Waals surface area contributed by atoms with Gasteiger partial charge in [-0.1, -0.05) is 20.3 Å². The lowest BCUT2D eigenvalue weighted by molar-refractivity contribution is 0.0732. The minimum Gasteiger partial charge on any atom is -0.385 e. The number of halogens is 1. The van der Waals surface area contributed by atoms with Crippen molar-refractivity contribution >= 4 is 41.3 Å². The summed E-state index contributed by atoms with van der Waals surface area (Å²) in [7, 11) is 1.78. The van der Waals surface area contributed by atoms with E-state index < -0.39 is 0 Å². The van der Waals surface area contributed by atoms with E-state index in [1.165, 1.54) is 19.3 Å². The van der Waals surface area contributed by atoms with Crippen LogP contribution in [0.2, 0.25) is 0 Å². The summed E-state index contributed by atoms with van der Waals surface area (Å²) in [5, 5.41) is 10.1. The van der Waals surface area contributed by atoms with Crippen molar-refractivity contribution in [1.29, 1.82) is 0 Å². The Morgan fingerprint density at radius 1 is 1.40 bits per heavy atom. The molecule has 1 fully saturated rings. The minimum absolute atomic E-state index is 0. The molecule has 2 rings (SSSR count). The minimum atomic E-state index is 0. The lowest BCUT2D eigenvalue weighted by Gasteiger charge is -2.42. The van der Waals surface area contributed by atoms with Crippen LogP contribution in [-0.4, -0.2) is 37.7 Å². The van der Waals surface area contributed by atoms with Gasteiger partial charge in [-0.3, -0.25) is 0 Å². The van der Waals surface area contributed by atoms with Gasteiger partial charge in [0.25, 0.3) is 0 Å². The van der Waals surface area contributed by atoms with Crippen molar-refractivity contribution < 1.29 is 4.74 Å². The number of nitrogens with one attached hydrogen (secondary N) is 2. The number of nitrogens with zero attached hydrogens (tertiary/aromatic N) is 2. The van der Waals surface area contributed by atoms with Crippen LogP contribution in [-0.2, 0) is 11.3 Å². The fourth-order valence-electron chi connectivity index (χ4n) is 2.93. The van der Waals surface area contributed by atoms with Crippen LogP contribution in [0.4, 0.5) is 0 Å². The van der Waals surface area contributed by atoms with E-state index >= 15 is 0 Å². The van der Waals surface area contributed by atoms with Gasteiger partial charge in [0.1, 0.15) is 5.01 Å². The Hall–Kier alpha value is -0.410. The van der Waals surface area contributed by atoms with Crippen molar-refractivity contribution in [3.05, 3.63) is 16.1 Å². The second kappa shape index (κ2) is 11.3. The molecule has 0 aliphatic heterocycles. The molecule has 1 aliphatic rings. The summed E-state index contributed by atoms with van der Waals surface area (Å²) in [6.45, 7) is 9.76. The molecule has 0 bridgehead atoms. The quantitative estimate of drug-likeness (QED) is 0.317. The Kier molecular flexibility index (Phi) is 10.3. The van der Waals surface area contributed by atoms with E-state index in [-0.39, 0.29) is 24.0 Å². The maximum atomic E-state index is 5.27. The van der Waals surface area contributed by atoms with Crippen LogP contribution < -0.4 is 10.6 Å². The second-order valence-electron chi connectivity index (χ2n) is 6.97. The molecule has 144 valence electrons. The smallest absolute Gasteiger partial charge is 0.191 e. The second-order valence-corrected chi connectivity index (χ2v) is 7.91. The highest BCUT2D eigenvalue weighted by Crippen LogP contribution is 2.43. The number of aromatic nitrogens is 1. The summed E-state index contributed by atoms with van der Waals surface area (Å²) >= 11 is 1.70. The van der Waals surface area contributed by atoms with Crippen LogP contribution in [0.5, 0.6) is 0 Å². The molecule has 0 atom stereocenters. The first kappa shape index (κ1) is 22.6. The number of hydrogen-bond acceptors (Lipinski definition) is 4. The number of rotatable bonds is 9. The summed E-state index contributed by atoms with van der Waals surface area (Å²) < 4.78 is 5.27. The molecule has 2 N–H and O–H groups in total. The molecule has 1 aromatic rings. The maximum absolute atomic E-state index is 5.27. The van der Waals surface area contributed by atoms with E-state index in [1.807, 2.05) is 0 Å². The largest absolute Gasteiger partial charge is 0.385 e. The van der Waals surface area contributed by atoms with Crippen molar-refractivity contribution in [3.8, 4) is 0 Å². The van der Waals surface area contributed by atoms with Gasteiger partial charge >= 0.3 is 0 Å². The van der Waals surface area contributed by atoms with Gasteiger partial charge in [-0.25, -0.2) is 9.98 Å². The normalized spacial score (nSPS) is 16.3. The van der Waals surface area contributed by atoms with Gasteiger partial charge in [-0.05, 0) is 37.5 Å². The molecule has 0 saturated heterocycles. The third-order valence-electron chi connectivity index (χ3n) is 4.76. The summed E-state index contributed by atoms with van der Waals surface area (Å²) in [6, 6.07) is 0. The SMILES string of the molecule is CCNC(=NCc1nc(C(C)C)cs1)NCC1(CCOC)CCC1.I. The average molecular weight is 480 g/mol. The van der Waals surface area contributed by atoms with Gasteiger partial charge in [0.2, 0.25) is 0 Å². The standard InChI is InChI=1S/C18H32N4OS.HI/c1-5-19-17(20-11-16-22-15(12-24-16)14(2)3)21-13-18(7-6-8-18)9-10-23-4;/h12,14H,5-11,13H2,1-4H3,(H2,19,20,21);1H. The molecule has 0 spiro atoms. The number of guanidine groups is 1. The molecule has 7 heteroatoms. The number of thiazole rings is 1. The fraction of sp³-hybridized carbons (Fsp3) is 0.778. The highest BCUT2D eigenvalue weighted by Gasteiger charge is 2.36. The van der Waals surface area contributed by atoms with Crippen LogP contribution >= 0.6 is 35.3 Å². The Morgan fingerprint density at radius 3 is 2.68 bits per heavy atom. The third kappa shape index (κ3) is 7.02. The zero-order valence-electron chi connectivity index (χ0n) is 15.9. The topological polar surface area (TPSA) is 58.5 Å². The molecule has 0 radical (unpaired) electrons. The van der Waals surface area contributed by atoms with E-state index in [9.17, 15) is 0 Å². The molecule has 0 unspecified atom stereocenters. The Balaban J connectivity index is 0.00000312. The summed E-state index contributed by atoms with van der Waals surface area (Å²) in [5.74, 6) is 1.37. The molecule has 25 heavy (non-hydrogen) atoms. The molecule has 1 aliphatic carbocycles. The van der Waals surface area contributed by atoms with Crippen molar-refractivity contribution in [1.82, 2.24) is 15.6 Å². The Morgan fingerprint density at radius 2 is 2.16 bits per heavy atom. The molecule has 5 nitrogen and oxygen atoms in total. The van der Waals surface area contributed by atoms with E-state index in [0.717, 1.165) is 42.8 Å². The molecule has 0 amide bonds. The van der Waals surface area contributed by atoms with E-state index in [2.05, 4.69) is 41.8 Å². The lowest BCUT2D eigenvalue weighted by Crippen LogP contribution is -2.46. The lowest BCUT2D eigenvalue weighted by atomic mass is 9.67. The van der Waals surface area contributed by atoms with Gasteiger partial charge in [0, 0.05) is 32.2 Å². The monoisotopic (exact) mass is 480 g/mol. The van der Waals surface area contributed by atoms with Gasteiger partial charge in [-0.15, -0.1) is 35.3 Å². The van der Waals surface area contributed by atoms with Gasteiger partial charge in [-0.2, -0.15) is 0 Å². The van der Waals surface area contributed by atoms with Gasteiger partial charge in [0.05, 0.1) is 12.2 Å². The highest BCUT2D eigenvalue weighted by molar-refractivity contribution is 14.0. The molecule has 1 saturated carbocycles. The molecular formula is C18H33IN4OS. The molecule has 1 aromatic heterocycles. The van der Waals surface area contributed by atoms with Crippen LogP contribution in [0, 0.1) is 5.41 Å². The third-order valence-corrected chi connectivity index (χ3v) is 5.61. The van der Waals surface area contributed by atoms with E-state index in [1.54, 1.807) is 18.4 Å². The first-order valence-electron chi connectivity index (χ1n) is 9.04. The van der Waals surface area contributed by atoms with Crippen LogP contribution in [0.3, 0.4) is 0 Å². The van der Waals surface area contributed by atoms with Gasteiger partial charge < -0.3 is 15.4 Å². The first-order chi connectivity index (χ1) is 11.6. The maximum Gasteiger partial charge on any atom is 0.191 e. The zero-order chi connectivity index (χ0) is 17.4. The van der Waals surface area contributed by atoms with Crippen LogP contribution in [0.25, 0.3) is 0 Å². The van der Waals surface area contributed by atoms with Crippen LogP contribution in [0.1, 0.15) is 63.1 Å². The van der Waals surface area contributed by atoms with Gasteiger partial charge in [0.15, 0.2) is 5.96 Å². The molecule has 1 heterocycles. The Bertz CT molecular complexity index is 529. The fourth-order valence-corrected chi connectivity index (χ4v) is 3.81. The zero-order valence-corrected chi connectivity index (χ0v) is 19.1. The predicted octanol–water partition coefficient (Wildman–Crippen LogP) is 4.15. The van der Waals surface area contributed by atoms with Crippen molar-refractivity contribution in [3.63, 3.8) is 0 Å².